The zero-order chi connectivity index (χ0) is 44.0. The second kappa shape index (κ2) is 13.5. The van der Waals surface area contributed by atoms with E-state index in [1.165, 1.54) is 127 Å². The molecule has 1 aliphatic heterocycles. The minimum Gasteiger partial charge on any atom is -0.485 e. The first-order valence-corrected chi connectivity index (χ1v) is 23.5. The fourth-order valence-corrected chi connectivity index (χ4v) is 12.6. The van der Waals surface area contributed by atoms with Crippen LogP contribution in [-0.2, 0) is 5.41 Å². The molecule has 2 heteroatoms. The first-order chi connectivity index (χ1) is 33.1. The zero-order valence-corrected chi connectivity index (χ0v) is 36.8. The third-order valence-electron chi connectivity index (χ3n) is 15.4. The molecule has 2 aliphatic carbocycles. The van der Waals surface area contributed by atoms with Gasteiger partial charge in [0.15, 0.2) is 0 Å². The van der Waals surface area contributed by atoms with Crippen LogP contribution in [0.3, 0.4) is 0 Å². The summed E-state index contributed by atoms with van der Waals surface area (Å²) in [6, 6.07) is 83.8. The van der Waals surface area contributed by atoms with Gasteiger partial charge in [-0.05, 0) is 149 Å². The van der Waals surface area contributed by atoms with Crippen molar-refractivity contribution in [2.45, 2.75) is 18.4 Å². The van der Waals surface area contributed by atoms with E-state index in [1.54, 1.807) is 0 Å². The fourth-order valence-electron chi connectivity index (χ4n) is 12.6. The van der Waals surface area contributed by atoms with Crippen LogP contribution in [0, 0.1) is 0 Å². The third kappa shape index (κ3) is 4.89. The number of nitrogens with zero attached hydrogens (tertiary/aromatic N) is 1. The highest BCUT2D eigenvalue weighted by molar-refractivity contribution is 6.13. The molecule has 0 amide bonds. The van der Waals surface area contributed by atoms with Gasteiger partial charge in [0.25, 0.3) is 0 Å². The Bertz CT molecular complexity index is 4090. The maximum absolute atomic E-state index is 6.92. The van der Waals surface area contributed by atoms with Crippen LogP contribution in [-0.4, -0.2) is 4.57 Å². The molecule has 2 atom stereocenters. The molecule has 0 saturated carbocycles. The molecule has 0 radical (unpaired) electrons. The molecule has 15 rings (SSSR count). The number of hydrogen-bond acceptors (Lipinski definition) is 1. The lowest BCUT2D eigenvalue weighted by atomic mass is 9.61. The summed E-state index contributed by atoms with van der Waals surface area (Å²) < 4.78 is 9.31. The number of ether oxygens (including phenoxy) is 1. The molecule has 0 saturated heterocycles. The van der Waals surface area contributed by atoms with E-state index >= 15 is 0 Å². The fraction of sp³-hybridized carbons (Fsp3) is 0.0462. The number of para-hydroxylation sites is 2. The molecule has 2 heterocycles. The molecule has 11 aromatic carbocycles. The third-order valence-corrected chi connectivity index (χ3v) is 15.4. The summed E-state index contributed by atoms with van der Waals surface area (Å²) in [4.78, 5) is 0. The van der Waals surface area contributed by atoms with E-state index in [1.807, 2.05) is 0 Å². The van der Waals surface area contributed by atoms with Crippen molar-refractivity contribution in [1.29, 1.82) is 0 Å². The summed E-state index contributed by atoms with van der Waals surface area (Å²) in [5, 5.41) is 7.61. The van der Waals surface area contributed by atoms with Gasteiger partial charge in [0.1, 0.15) is 11.9 Å². The number of hydrogen-bond donors (Lipinski definition) is 0. The molecule has 12 aromatic rings. The van der Waals surface area contributed by atoms with Gasteiger partial charge in [0, 0.05) is 27.6 Å². The minimum absolute atomic E-state index is 0.133. The highest BCUT2D eigenvalue weighted by atomic mass is 16.5. The summed E-state index contributed by atoms with van der Waals surface area (Å²) >= 11 is 0. The smallest absolute Gasteiger partial charge is 0.128 e. The van der Waals surface area contributed by atoms with Crippen LogP contribution in [0.25, 0.3) is 105 Å². The Hall–Kier alpha value is -8.46. The molecule has 0 N–H and O–H groups in total. The van der Waals surface area contributed by atoms with E-state index in [2.05, 4.69) is 236 Å². The van der Waals surface area contributed by atoms with Gasteiger partial charge in [-0.25, -0.2) is 0 Å². The van der Waals surface area contributed by atoms with Gasteiger partial charge in [-0.3, -0.25) is 0 Å². The lowest BCUT2D eigenvalue weighted by Gasteiger charge is -2.40. The van der Waals surface area contributed by atoms with E-state index in [0.29, 0.717) is 0 Å². The zero-order valence-electron chi connectivity index (χ0n) is 36.8. The van der Waals surface area contributed by atoms with Gasteiger partial charge in [0.05, 0.1) is 16.4 Å². The van der Waals surface area contributed by atoms with Crippen LogP contribution < -0.4 is 4.74 Å². The predicted molar refractivity (Wildman–Crippen MR) is 277 cm³/mol. The second-order valence-corrected chi connectivity index (χ2v) is 18.6. The quantitative estimate of drug-likeness (QED) is 0.173. The number of rotatable bonds is 3. The van der Waals surface area contributed by atoms with Crippen molar-refractivity contribution in [1.82, 2.24) is 4.57 Å². The maximum atomic E-state index is 6.92. The Kier molecular flexibility index (Phi) is 7.45. The molecule has 312 valence electrons. The van der Waals surface area contributed by atoms with Crippen molar-refractivity contribution in [3.63, 3.8) is 0 Å². The highest BCUT2D eigenvalue weighted by Gasteiger charge is 2.50. The second-order valence-electron chi connectivity index (χ2n) is 18.6. The van der Waals surface area contributed by atoms with Crippen molar-refractivity contribution in [3.05, 3.63) is 252 Å². The Balaban J connectivity index is 0.915. The topological polar surface area (TPSA) is 14.2 Å². The van der Waals surface area contributed by atoms with Crippen LogP contribution in [0.4, 0.5) is 0 Å². The van der Waals surface area contributed by atoms with E-state index in [0.717, 1.165) is 11.3 Å². The predicted octanol–water partition coefficient (Wildman–Crippen LogP) is 16.9. The molecule has 1 aromatic heterocycles. The molecule has 1 spiro atoms. The van der Waals surface area contributed by atoms with E-state index in [-0.39, 0.29) is 6.10 Å². The maximum Gasteiger partial charge on any atom is 0.128 e. The van der Waals surface area contributed by atoms with Crippen molar-refractivity contribution < 1.29 is 4.74 Å². The Morgan fingerprint density at radius 2 is 0.970 bits per heavy atom. The number of fused-ring (bicyclic) bond motifs is 14. The first kappa shape index (κ1) is 36.8. The summed E-state index contributed by atoms with van der Waals surface area (Å²) in [6.07, 6.45) is -0.133. The molecular formula is C65H41NO. The normalized spacial score (nSPS) is 16.2. The van der Waals surface area contributed by atoms with E-state index in [4.69, 9.17) is 4.74 Å². The average molecular weight is 852 g/mol. The van der Waals surface area contributed by atoms with Gasteiger partial charge in [-0.15, -0.1) is 0 Å². The van der Waals surface area contributed by atoms with E-state index < -0.39 is 5.41 Å². The lowest BCUT2D eigenvalue weighted by molar-refractivity contribution is 0.231. The minimum atomic E-state index is -0.475. The largest absolute Gasteiger partial charge is 0.485 e. The van der Waals surface area contributed by atoms with Gasteiger partial charge >= 0.3 is 0 Å². The van der Waals surface area contributed by atoms with Crippen LogP contribution in [0.1, 0.15) is 40.8 Å². The van der Waals surface area contributed by atoms with Gasteiger partial charge in [-0.1, -0.05) is 176 Å². The number of benzene rings is 11. The van der Waals surface area contributed by atoms with Gasteiger partial charge in [0.2, 0.25) is 0 Å². The van der Waals surface area contributed by atoms with Crippen molar-refractivity contribution >= 4 is 43.4 Å². The summed E-state index contributed by atoms with van der Waals surface area (Å²) in [5.41, 5.74) is 22.0. The molecule has 0 fully saturated rings. The molecular weight excluding hydrogens is 811 g/mol. The van der Waals surface area contributed by atoms with Crippen LogP contribution in [0.2, 0.25) is 0 Å². The van der Waals surface area contributed by atoms with Crippen LogP contribution >= 0.6 is 0 Å². The summed E-state index contributed by atoms with van der Waals surface area (Å²) in [5.74, 6) is 0.908. The Labute approximate surface area is 388 Å². The summed E-state index contributed by atoms with van der Waals surface area (Å²) in [7, 11) is 0. The molecule has 67 heavy (non-hydrogen) atoms. The highest BCUT2D eigenvalue weighted by Crippen LogP contribution is 2.62. The van der Waals surface area contributed by atoms with Crippen molar-refractivity contribution in [2.75, 3.05) is 0 Å². The molecule has 1 unspecified atom stereocenters. The first-order valence-electron chi connectivity index (χ1n) is 23.5. The lowest BCUT2D eigenvalue weighted by Crippen LogP contribution is -2.31. The van der Waals surface area contributed by atoms with Gasteiger partial charge in [-0.2, -0.15) is 0 Å². The Morgan fingerprint density at radius 3 is 1.82 bits per heavy atom. The standard InChI is InChI=1S/C65H41NO/c1-39-45-32-33-46(43-29-34-61-54(37-43)50-20-7-10-27-60(50)66(61)44-16-3-2-4-17-44)51-22-13-23-53(64(45)51)55-36-41(30-35-62(55)67-39)42-28-31-49-47-18-5-8-24-56(47)65(59(49)38-42)57-25-9-6-19-48(57)52-21-11-14-40-15-12-26-58(65)63(40)52/h2-39H,1H3/t39-,65?/m1/s1. The number of aromatic nitrogens is 1. The van der Waals surface area contributed by atoms with Crippen molar-refractivity contribution in [3.8, 4) is 67.1 Å². The van der Waals surface area contributed by atoms with Crippen LogP contribution in [0.5, 0.6) is 5.75 Å². The Morgan fingerprint density at radius 1 is 0.373 bits per heavy atom. The molecule has 0 bridgehead atoms. The SMILES string of the molecule is C[C@H]1Oc2ccc(-c3ccc4c(c3)C3(c5ccccc5-4)c4ccccc4-c4cccc5cccc3c45)cc2-c2cccc3c(-c4ccc5c(c4)c4ccccc4n5-c4ccccc4)ccc1c23. The molecule has 2 nitrogen and oxygen atoms in total. The van der Waals surface area contributed by atoms with Crippen molar-refractivity contribution in [2.24, 2.45) is 0 Å². The van der Waals surface area contributed by atoms with E-state index in [9.17, 15) is 0 Å². The van der Waals surface area contributed by atoms with Gasteiger partial charge < -0.3 is 9.30 Å². The summed E-state index contributed by atoms with van der Waals surface area (Å²) in [6.45, 7) is 2.19. The molecule has 3 aliphatic rings. The monoisotopic (exact) mass is 851 g/mol. The van der Waals surface area contributed by atoms with Crippen LogP contribution in [0.15, 0.2) is 224 Å². The average Bonchev–Trinajstić information content (AvgIpc) is 3.83.